The number of hydrogen-bond acceptors (Lipinski definition) is 4. The predicted molar refractivity (Wildman–Crippen MR) is 70.9 cm³/mol. The van der Waals surface area contributed by atoms with Gasteiger partial charge in [-0.2, -0.15) is 5.10 Å². The lowest BCUT2D eigenvalue weighted by Crippen LogP contribution is -2.49. The van der Waals surface area contributed by atoms with Crippen molar-refractivity contribution >= 4 is 5.69 Å². The van der Waals surface area contributed by atoms with Gasteiger partial charge in [0.05, 0.1) is 11.9 Å². The summed E-state index contributed by atoms with van der Waals surface area (Å²) in [5, 5.41) is 6.28. The van der Waals surface area contributed by atoms with Gasteiger partial charge in [-0.3, -0.25) is 9.69 Å². The van der Waals surface area contributed by atoms with Gasteiger partial charge in [0.15, 0.2) is 0 Å². The second-order valence-corrected chi connectivity index (χ2v) is 5.26. The van der Waals surface area contributed by atoms with Gasteiger partial charge in [-0.1, -0.05) is 12.8 Å². The van der Waals surface area contributed by atoms with Crippen molar-refractivity contribution in [2.45, 2.75) is 31.7 Å². The number of aromatic amines is 1. The van der Waals surface area contributed by atoms with Gasteiger partial charge >= 0.3 is 0 Å². The second kappa shape index (κ2) is 5.10. The van der Waals surface area contributed by atoms with Gasteiger partial charge in [-0.05, 0) is 12.8 Å². The zero-order chi connectivity index (χ0) is 12.4. The maximum absolute atomic E-state index is 11.3. The first-order valence-electron chi connectivity index (χ1n) is 6.87. The van der Waals surface area contributed by atoms with Crippen LogP contribution in [-0.4, -0.2) is 47.3 Å². The van der Waals surface area contributed by atoms with Crippen LogP contribution >= 0.6 is 0 Å². The zero-order valence-corrected chi connectivity index (χ0v) is 10.6. The van der Waals surface area contributed by atoms with Crippen LogP contribution in [0.15, 0.2) is 17.1 Å². The number of nitrogens with zero attached hydrogens (tertiary/aromatic N) is 3. The third-order valence-electron chi connectivity index (χ3n) is 4.17. The third-order valence-corrected chi connectivity index (χ3v) is 4.17. The fraction of sp³-hybridized carbons (Fsp3) is 0.692. The Morgan fingerprint density at radius 3 is 2.56 bits per heavy atom. The molecule has 2 heterocycles. The SMILES string of the molecule is O=c1cc(N2CCN(C3CCCC3)CC2)cn[nH]1. The zero-order valence-electron chi connectivity index (χ0n) is 10.6. The normalized spacial score (nSPS) is 22.6. The van der Waals surface area contributed by atoms with Crippen molar-refractivity contribution in [1.82, 2.24) is 15.1 Å². The molecule has 0 spiro atoms. The average molecular weight is 248 g/mol. The molecule has 2 fully saturated rings. The summed E-state index contributed by atoms with van der Waals surface area (Å²) < 4.78 is 0. The highest BCUT2D eigenvalue weighted by atomic mass is 16.1. The number of aromatic nitrogens is 2. The number of piperazine rings is 1. The van der Waals surface area contributed by atoms with Crippen molar-refractivity contribution in [2.24, 2.45) is 0 Å². The van der Waals surface area contributed by atoms with E-state index in [1.54, 1.807) is 12.3 Å². The standard InChI is InChI=1S/C13H20N4O/c18-13-9-12(10-14-15-13)17-7-5-16(6-8-17)11-3-1-2-4-11/h9-11H,1-8H2,(H,15,18). The summed E-state index contributed by atoms with van der Waals surface area (Å²) in [4.78, 5) is 16.1. The molecule has 1 aliphatic carbocycles. The number of H-pyrrole nitrogens is 1. The molecule has 1 saturated carbocycles. The molecule has 1 saturated heterocycles. The maximum atomic E-state index is 11.3. The van der Waals surface area contributed by atoms with Crippen molar-refractivity contribution in [2.75, 3.05) is 31.1 Å². The molecule has 1 aromatic rings. The van der Waals surface area contributed by atoms with Crippen molar-refractivity contribution in [3.05, 3.63) is 22.6 Å². The van der Waals surface area contributed by atoms with Crippen molar-refractivity contribution in [3.63, 3.8) is 0 Å². The largest absolute Gasteiger partial charge is 0.368 e. The first-order chi connectivity index (χ1) is 8.83. The van der Waals surface area contributed by atoms with E-state index < -0.39 is 0 Å². The summed E-state index contributed by atoms with van der Waals surface area (Å²) in [6.07, 6.45) is 7.26. The lowest BCUT2D eigenvalue weighted by atomic mass is 10.2. The third kappa shape index (κ3) is 2.41. The van der Waals surface area contributed by atoms with E-state index in [2.05, 4.69) is 20.0 Å². The molecule has 1 aliphatic heterocycles. The molecule has 0 atom stereocenters. The highest BCUT2D eigenvalue weighted by molar-refractivity contribution is 5.43. The van der Waals surface area contributed by atoms with Crippen LogP contribution in [0.3, 0.4) is 0 Å². The Labute approximate surface area is 107 Å². The molecule has 0 radical (unpaired) electrons. The molecule has 0 unspecified atom stereocenters. The minimum absolute atomic E-state index is 0.120. The molecule has 3 rings (SSSR count). The molecular formula is C13H20N4O. The fourth-order valence-electron chi connectivity index (χ4n) is 3.15. The molecule has 0 aromatic carbocycles. The lowest BCUT2D eigenvalue weighted by Gasteiger charge is -2.38. The van der Waals surface area contributed by atoms with Gasteiger partial charge in [-0.25, -0.2) is 5.10 Å². The number of nitrogens with one attached hydrogen (secondary N) is 1. The molecule has 98 valence electrons. The van der Waals surface area contributed by atoms with Crippen LogP contribution in [0.25, 0.3) is 0 Å². The second-order valence-electron chi connectivity index (χ2n) is 5.26. The monoisotopic (exact) mass is 248 g/mol. The average Bonchev–Trinajstić information content (AvgIpc) is 2.93. The molecule has 0 bridgehead atoms. The quantitative estimate of drug-likeness (QED) is 0.842. The summed E-state index contributed by atoms with van der Waals surface area (Å²) >= 11 is 0. The molecule has 1 N–H and O–H groups in total. The summed E-state index contributed by atoms with van der Waals surface area (Å²) in [5.74, 6) is 0. The van der Waals surface area contributed by atoms with Gasteiger partial charge in [-0.15, -0.1) is 0 Å². The van der Waals surface area contributed by atoms with E-state index in [-0.39, 0.29) is 5.56 Å². The molecule has 18 heavy (non-hydrogen) atoms. The Morgan fingerprint density at radius 1 is 1.17 bits per heavy atom. The topological polar surface area (TPSA) is 52.2 Å². The Bertz CT molecular complexity index is 444. The van der Waals surface area contributed by atoms with Crippen molar-refractivity contribution in [3.8, 4) is 0 Å². The number of rotatable bonds is 2. The summed E-state index contributed by atoms with van der Waals surface area (Å²) in [6.45, 7) is 4.22. The van der Waals surface area contributed by atoms with Crippen LogP contribution in [0, 0.1) is 0 Å². The van der Waals surface area contributed by atoms with Gasteiger partial charge in [0.1, 0.15) is 0 Å². The van der Waals surface area contributed by atoms with Crippen molar-refractivity contribution in [1.29, 1.82) is 0 Å². The molecule has 0 amide bonds. The van der Waals surface area contributed by atoms with E-state index in [0.717, 1.165) is 37.9 Å². The van der Waals surface area contributed by atoms with E-state index in [1.807, 2.05) is 0 Å². The minimum Gasteiger partial charge on any atom is -0.368 e. The van der Waals surface area contributed by atoms with E-state index in [0.29, 0.717) is 0 Å². The summed E-state index contributed by atoms with van der Waals surface area (Å²) in [5.41, 5.74) is 0.829. The Morgan fingerprint density at radius 2 is 1.89 bits per heavy atom. The smallest absolute Gasteiger partial charge is 0.266 e. The van der Waals surface area contributed by atoms with E-state index in [9.17, 15) is 4.79 Å². The Balaban J connectivity index is 1.61. The van der Waals surface area contributed by atoms with Crippen LogP contribution in [0.4, 0.5) is 5.69 Å². The highest BCUT2D eigenvalue weighted by Gasteiger charge is 2.26. The van der Waals surface area contributed by atoms with Crippen LogP contribution in [0.2, 0.25) is 0 Å². The van der Waals surface area contributed by atoms with Crippen LogP contribution in [-0.2, 0) is 0 Å². The van der Waals surface area contributed by atoms with Gasteiger partial charge in [0, 0.05) is 38.3 Å². The van der Waals surface area contributed by atoms with E-state index in [1.165, 1.54) is 25.7 Å². The number of hydrogen-bond donors (Lipinski definition) is 1. The minimum atomic E-state index is -0.120. The lowest BCUT2D eigenvalue weighted by molar-refractivity contribution is 0.187. The van der Waals surface area contributed by atoms with Crippen LogP contribution in [0.1, 0.15) is 25.7 Å². The molecule has 5 nitrogen and oxygen atoms in total. The molecule has 5 heteroatoms. The van der Waals surface area contributed by atoms with E-state index >= 15 is 0 Å². The first kappa shape index (κ1) is 11.7. The first-order valence-corrected chi connectivity index (χ1v) is 6.87. The summed E-state index contributed by atoms with van der Waals surface area (Å²) in [6, 6.07) is 2.45. The summed E-state index contributed by atoms with van der Waals surface area (Å²) in [7, 11) is 0. The van der Waals surface area contributed by atoms with Crippen LogP contribution in [0.5, 0.6) is 0 Å². The van der Waals surface area contributed by atoms with Gasteiger partial charge in [0.25, 0.3) is 5.56 Å². The highest BCUT2D eigenvalue weighted by Crippen LogP contribution is 2.25. The van der Waals surface area contributed by atoms with Crippen LogP contribution < -0.4 is 10.5 Å². The molecule has 2 aliphatic rings. The Kier molecular flexibility index (Phi) is 3.32. The fourth-order valence-corrected chi connectivity index (χ4v) is 3.15. The Hall–Kier alpha value is -1.36. The van der Waals surface area contributed by atoms with Crippen molar-refractivity contribution < 1.29 is 0 Å². The predicted octanol–water partition coefficient (Wildman–Crippen LogP) is 0.834. The van der Waals surface area contributed by atoms with Gasteiger partial charge < -0.3 is 4.90 Å². The maximum Gasteiger partial charge on any atom is 0.266 e. The molecule has 1 aromatic heterocycles. The van der Waals surface area contributed by atoms with E-state index in [4.69, 9.17) is 0 Å². The van der Waals surface area contributed by atoms with Gasteiger partial charge in [0.2, 0.25) is 0 Å². The molecular weight excluding hydrogens is 228 g/mol. The number of anilines is 1.